The highest BCUT2D eigenvalue weighted by Crippen LogP contribution is 2.29. The Hall–Kier alpha value is -1.08. The van der Waals surface area contributed by atoms with E-state index in [0.29, 0.717) is 5.75 Å². The first-order valence-corrected chi connectivity index (χ1v) is 8.80. The molecule has 5 nitrogen and oxygen atoms in total. The summed E-state index contributed by atoms with van der Waals surface area (Å²) in [5, 5.41) is 0. The number of carbonyl (C=O) groups excluding carboxylic acids is 1. The average Bonchev–Trinajstić information content (AvgIpc) is 2.06. The summed E-state index contributed by atoms with van der Waals surface area (Å²) in [6, 6.07) is 1.70. The molecule has 0 fully saturated rings. The van der Waals surface area contributed by atoms with E-state index in [1.807, 2.05) is 19.6 Å². The van der Waals surface area contributed by atoms with Crippen molar-refractivity contribution in [2.45, 2.75) is 19.6 Å². The number of ether oxygens (including phenoxy) is 1. The van der Waals surface area contributed by atoms with E-state index in [1.165, 1.54) is 6.20 Å². The largest absolute Gasteiger partial charge is 0.541 e. The highest BCUT2D eigenvalue weighted by Gasteiger charge is 2.20. The van der Waals surface area contributed by atoms with Crippen molar-refractivity contribution in [2.75, 3.05) is 0 Å². The van der Waals surface area contributed by atoms with E-state index in [1.54, 1.807) is 6.07 Å². The van der Waals surface area contributed by atoms with Crippen molar-refractivity contribution in [1.82, 2.24) is 4.98 Å². The van der Waals surface area contributed by atoms with E-state index >= 15 is 0 Å². The Kier molecular flexibility index (Phi) is 3.92. The summed E-state index contributed by atoms with van der Waals surface area (Å²) in [4.78, 5) is 14.6. The maximum absolute atomic E-state index is 10.7. The standard InChI is InChI=1S/C9H13BrN2O3Si/c1-16(2,3)15-7-4-6(10)5-12-8(7)14-9(11)13/h4-5H,1-3H3,(H2,11,13). The molecule has 0 radical (unpaired) electrons. The summed E-state index contributed by atoms with van der Waals surface area (Å²) in [6.45, 7) is 6.05. The molecule has 16 heavy (non-hydrogen) atoms. The molecule has 0 saturated heterocycles. The van der Waals surface area contributed by atoms with E-state index in [0.717, 1.165) is 4.47 Å². The van der Waals surface area contributed by atoms with Crippen molar-refractivity contribution in [1.29, 1.82) is 0 Å². The monoisotopic (exact) mass is 304 g/mol. The molecule has 0 saturated carbocycles. The Morgan fingerprint density at radius 1 is 1.50 bits per heavy atom. The number of rotatable bonds is 3. The minimum atomic E-state index is -1.80. The van der Waals surface area contributed by atoms with Gasteiger partial charge in [-0.15, -0.1) is 0 Å². The first-order valence-electron chi connectivity index (χ1n) is 4.60. The summed E-state index contributed by atoms with van der Waals surface area (Å²) in [5.74, 6) is 0.519. The van der Waals surface area contributed by atoms with Gasteiger partial charge in [0.15, 0.2) is 5.75 Å². The molecule has 0 bridgehead atoms. The number of carbonyl (C=O) groups is 1. The third-order valence-corrected chi connectivity index (χ3v) is 2.66. The van der Waals surface area contributed by atoms with Gasteiger partial charge < -0.3 is 14.9 Å². The molecular weight excluding hydrogens is 292 g/mol. The molecule has 1 aromatic rings. The van der Waals surface area contributed by atoms with Gasteiger partial charge in [0.05, 0.1) is 0 Å². The van der Waals surface area contributed by atoms with Crippen molar-refractivity contribution in [2.24, 2.45) is 5.73 Å². The number of aromatic nitrogens is 1. The topological polar surface area (TPSA) is 74.4 Å². The van der Waals surface area contributed by atoms with Gasteiger partial charge in [-0.3, -0.25) is 0 Å². The van der Waals surface area contributed by atoms with Gasteiger partial charge >= 0.3 is 6.09 Å². The van der Waals surface area contributed by atoms with Crippen LogP contribution in [0.5, 0.6) is 11.6 Å². The van der Waals surface area contributed by atoms with Crippen LogP contribution in [0.25, 0.3) is 0 Å². The number of halogens is 1. The third kappa shape index (κ3) is 4.19. The van der Waals surface area contributed by atoms with Crippen molar-refractivity contribution >= 4 is 30.3 Å². The zero-order valence-corrected chi connectivity index (χ0v) is 11.9. The lowest BCUT2D eigenvalue weighted by molar-refractivity contribution is 0.207. The molecule has 0 aliphatic heterocycles. The molecule has 7 heteroatoms. The van der Waals surface area contributed by atoms with E-state index in [9.17, 15) is 4.79 Å². The lowest BCUT2D eigenvalue weighted by Crippen LogP contribution is -2.30. The fourth-order valence-corrected chi connectivity index (χ4v) is 2.10. The molecule has 2 N–H and O–H groups in total. The van der Waals surface area contributed by atoms with Gasteiger partial charge in [-0.05, 0) is 35.6 Å². The number of nitrogens with zero attached hydrogens (tertiary/aromatic N) is 1. The number of hydrogen-bond donors (Lipinski definition) is 1. The minimum Gasteiger partial charge on any atom is -0.541 e. The highest BCUT2D eigenvalue weighted by atomic mass is 79.9. The zero-order chi connectivity index (χ0) is 12.3. The normalized spacial score (nSPS) is 11.0. The quantitative estimate of drug-likeness (QED) is 0.871. The lowest BCUT2D eigenvalue weighted by Gasteiger charge is -2.20. The minimum absolute atomic E-state index is 0.0955. The van der Waals surface area contributed by atoms with Crippen molar-refractivity contribution < 1.29 is 14.0 Å². The van der Waals surface area contributed by atoms with Crippen LogP contribution in [0.2, 0.25) is 19.6 Å². The second kappa shape index (κ2) is 4.83. The Morgan fingerprint density at radius 3 is 2.62 bits per heavy atom. The van der Waals surface area contributed by atoms with Crippen molar-refractivity contribution in [3.05, 3.63) is 16.7 Å². The van der Waals surface area contributed by atoms with Gasteiger partial charge in [0, 0.05) is 16.7 Å². The molecule has 1 aromatic heterocycles. The third-order valence-electron chi connectivity index (χ3n) is 1.40. The maximum Gasteiger partial charge on any atom is 0.411 e. The van der Waals surface area contributed by atoms with E-state index < -0.39 is 14.4 Å². The summed E-state index contributed by atoms with van der Waals surface area (Å²) < 4.78 is 11.2. The first kappa shape index (κ1) is 13.0. The van der Waals surface area contributed by atoms with Crippen LogP contribution in [0.3, 0.4) is 0 Å². The van der Waals surface area contributed by atoms with E-state index in [-0.39, 0.29) is 5.88 Å². The molecule has 0 aliphatic carbocycles. The maximum atomic E-state index is 10.7. The summed E-state index contributed by atoms with van der Waals surface area (Å²) in [6.07, 6.45) is 0.602. The molecule has 1 heterocycles. The van der Waals surface area contributed by atoms with Crippen LogP contribution in [0.1, 0.15) is 0 Å². The summed E-state index contributed by atoms with van der Waals surface area (Å²) in [5.41, 5.74) is 4.94. The molecule has 1 rings (SSSR count). The molecule has 0 atom stereocenters. The van der Waals surface area contributed by atoms with Crippen LogP contribution in [0.15, 0.2) is 16.7 Å². The smallest absolute Gasteiger partial charge is 0.411 e. The SMILES string of the molecule is C[Si](C)(C)Oc1cc(Br)cnc1OC(N)=O. The second-order valence-corrected chi connectivity index (χ2v) is 9.44. The number of hydrogen-bond acceptors (Lipinski definition) is 4. The predicted molar refractivity (Wildman–Crippen MR) is 66.1 cm³/mol. The number of pyridine rings is 1. The van der Waals surface area contributed by atoms with Gasteiger partial charge in [-0.2, -0.15) is 0 Å². The van der Waals surface area contributed by atoms with Gasteiger partial charge in [-0.25, -0.2) is 9.78 Å². The van der Waals surface area contributed by atoms with Crippen LogP contribution < -0.4 is 14.9 Å². The zero-order valence-electron chi connectivity index (χ0n) is 9.28. The molecule has 0 unspecified atom stereocenters. The predicted octanol–water partition coefficient (Wildman–Crippen LogP) is 2.52. The van der Waals surface area contributed by atoms with Gasteiger partial charge in [0.1, 0.15) is 0 Å². The fraction of sp³-hybridized carbons (Fsp3) is 0.333. The number of primary amides is 1. The van der Waals surface area contributed by atoms with Crippen molar-refractivity contribution in [3.8, 4) is 11.6 Å². The average molecular weight is 305 g/mol. The summed E-state index contributed by atoms with van der Waals surface area (Å²) >= 11 is 3.27. The summed E-state index contributed by atoms with van der Waals surface area (Å²) in [7, 11) is -1.80. The Balaban J connectivity index is 3.03. The fourth-order valence-electron chi connectivity index (χ4n) is 0.983. The molecular formula is C9H13BrN2O3Si. The molecule has 88 valence electrons. The molecule has 0 aliphatic rings. The lowest BCUT2D eigenvalue weighted by atomic mass is 10.4. The van der Waals surface area contributed by atoms with Crippen LogP contribution in [0.4, 0.5) is 4.79 Å². The first-order chi connectivity index (χ1) is 7.28. The van der Waals surface area contributed by atoms with Crippen LogP contribution >= 0.6 is 15.9 Å². The van der Waals surface area contributed by atoms with Crippen LogP contribution in [-0.4, -0.2) is 19.4 Å². The second-order valence-electron chi connectivity index (χ2n) is 4.09. The Morgan fingerprint density at radius 2 is 2.12 bits per heavy atom. The van der Waals surface area contributed by atoms with Crippen LogP contribution in [0, 0.1) is 0 Å². The highest BCUT2D eigenvalue weighted by molar-refractivity contribution is 9.10. The van der Waals surface area contributed by atoms with Gasteiger partial charge in [-0.1, -0.05) is 0 Å². The Labute approximate surface area is 103 Å². The number of amides is 1. The van der Waals surface area contributed by atoms with Gasteiger partial charge in [0.25, 0.3) is 5.88 Å². The molecule has 0 spiro atoms. The van der Waals surface area contributed by atoms with E-state index in [4.69, 9.17) is 14.9 Å². The Bertz CT molecular complexity index is 406. The van der Waals surface area contributed by atoms with Crippen LogP contribution in [-0.2, 0) is 0 Å². The molecule has 0 aromatic carbocycles. The number of nitrogens with two attached hydrogens (primary N) is 1. The molecule has 1 amide bonds. The van der Waals surface area contributed by atoms with Crippen molar-refractivity contribution in [3.63, 3.8) is 0 Å². The van der Waals surface area contributed by atoms with E-state index in [2.05, 4.69) is 20.9 Å². The van der Waals surface area contributed by atoms with Gasteiger partial charge in [0.2, 0.25) is 8.32 Å².